The molecule has 0 aliphatic heterocycles. The Bertz CT molecular complexity index is 1350. The Balaban J connectivity index is 1.46. The molecule has 188 valence electrons. The Morgan fingerprint density at radius 3 is 2.58 bits per heavy atom. The number of carbonyl (C=O) groups is 1. The molecule has 0 aliphatic carbocycles. The zero-order valence-electron chi connectivity index (χ0n) is 20.6. The number of hydrogen-bond acceptors (Lipinski definition) is 9. The summed E-state index contributed by atoms with van der Waals surface area (Å²) < 4.78 is 23.4. The first-order valence-corrected chi connectivity index (χ1v) is 11.3. The number of hydrogen-bond donors (Lipinski definition) is 2. The molecule has 4 rings (SSSR count). The molecule has 0 atom stereocenters. The molecule has 2 aromatic carbocycles. The molecule has 2 heterocycles. The van der Waals surface area contributed by atoms with E-state index in [0.29, 0.717) is 42.0 Å². The minimum absolute atomic E-state index is 0.0427. The van der Waals surface area contributed by atoms with Crippen molar-refractivity contribution in [3.05, 3.63) is 65.2 Å². The molecule has 0 unspecified atom stereocenters. The molecule has 0 fully saturated rings. The molecule has 0 bridgehead atoms. The number of nitrogens with one attached hydrogen (secondary N) is 1. The van der Waals surface area contributed by atoms with Gasteiger partial charge >= 0.3 is 0 Å². The highest BCUT2D eigenvalue weighted by molar-refractivity contribution is 5.96. The number of aromatic nitrogens is 4. The van der Waals surface area contributed by atoms with Crippen molar-refractivity contribution in [2.75, 3.05) is 26.6 Å². The second-order valence-electron chi connectivity index (χ2n) is 7.83. The minimum Gasteiger partial charge on any atom is -0.497 e. The van der Waals surface area contributed by atoms with Gasteiger partial charge in [0.2, 0.25) is 5.89 Å². The predicted molar refractivity (Wildman–Crippen MR) is 132 cm³/mol. The molecular weight excluding hydrogens is 464 g/mol. The smallest absolute Gasteiger partial charge is 0.275 e. The van der Waals surface area contributed by atoms with Gasteiger partial charge in [-0.3, -0.25) is 4.79 Å². The van der Waals surface area contributed by atoms with Gasteiger partial charge in [0.05, 0.1) is 27.4 Å². The highest BCUT2D eigenvalue weighted by Crippen LogP contribution is 2.33. The highest BCUT2D eigenvalue weighted by Gasteiger charge is 2.20. The molecule has 0 aliphatic rings. The largest absolute Gasteiger partial charge is 0.497 e. The van der Waals surface area contributed by atoms with Crippen molar-refractivity contribution in [1.82, 2.24) is 25.3 Å². The fourth-order valence-electron chi connectivity index (χ4n) is 3.52. The SMILES string of the molecule is CCOc1ccc(-c2nc(Cn3nnc(C(=O)NCc4ccc(OC)cc4)c3N)c(C)o2)cc1OC. The van der Waals surface area contributed by atoms with Crippen LogP contribution in [0.4, 0.5) is 5.82 Å². The van der Waals surface area contributed by atoms with Crippen LogP contribution in [-0.2, 0) is 13.1 Å². The number of nitrogen functional groups attached to an aromatic ring is 1. The van der Waals surface area contributed by atoms with Crippen LogP contribution >= 0.6 is 0 Å². The van der Waals surface area contributed by atoms with Crippen LogP contribution in [0.5, 0.6) is 17.2 Å². The summed E-state index contributed by atoms with van der Waals surface area (Å²) in [5, 5.41) is 10.8. The first-order valence-electron chi connectivity index (χ1n) is 11.3. The lowest BCUT2D eigenvalue weighted by Crippen LogP contribution is -2.24. The fraction of sp³-hybridized carbons (Fsp3) is 0.280. The van der Waals surface area contributed by atoms with E-state index in [-0.39, 0.29) is 18.1 Å². The van der Waals surface area contributed by atoms with E-state index in [1.54, 1.807) is 27.2 Å². The summed E-state index contributed by atoms with van der Waals surface area (Å²) in [5.41, 5.74) is 8.48. The Morgan fingerprint density at radius 1 is 1.11 bits per heavy atom. The van der Waals surface area contributed by atoms with Gasteiger partial charge < -0.3 is 29.7 Å². The van der Waals surface area contributed by atoms with Crippen molar-refractivity contribution in [3.8, 4) is 28.7 Å². The number of aryl methyl sites for hydroxylation is 1. The van der Waals surface area contributed by atoms with Crippen LogP contribution in [0.25, 0.3) is 11.5 Å². The van der Waals surface area contributed by atoms with Crippen molar-refractivity contribution in [3.63, 3.8) is 0 Å². The van der Waals surface area contributed by atoms with Gasteiger partial charge in [0.1, 0.15) is 17.2 Å². The van der Waals surface area contributed by atoms with E-state index in [9.17, 15) is 4.79 Å². The summed E-state index contributed by atoms with van der Waals surface area (Å²) in [4.78, 5) is 17.2. The maximum Gasteiger partial charge on any atom is 0.275 e. The number of oxazole rings is 1. The van der Waals surface area contributed by atoms with Crippen molar-refractivity contribution >= 4 is 11.7 Å². The zero-order chi connectivity index (χ0) is 25.7. The van der Waals surface area contributed by atoms with Crippen LogP contribution in [0.15, 0.2) is 46.9 Å². The maximum atomic E-state index is 12.6. The average molecular weight is 493 g/mol. The summed E-state index contributed by atoms with van der Waals surface area (Å²) in [5.74, 6) is 2.68. The second kappa shape index (κ2) is 10.8. The van der Waals surface area contributed by atoms with Crippen LogP contribution in [0.3, 0.4) is 0 Å². The molecule has 3 N–H and O–H groups in total. The zero-order valence-corrected chi connectivity index (χ0v) is 20.6. The van der Waals surface area contributed by atoms with E-state index in [1.807, 2.05) is 43.3 Å². The lowest BCUT2D eigenvalue weighted by atomic mass is 10.2. The topological polar surface area (TPSA) is 140 Å². The molecule has 36 heavy (non-hydrogen) atoms. The third-order valence-electron chi connectivity index (χ3n) is 5.50. The first-order chi connectivity index (χ1) is 17.4. The predicted octanol–water partition coefficient (Wildman–Crippen LogP) is 3.22. The summed E-state index contributed by atoms with van der Waals surface area (Å²) in [6.45, 7) is 4.73. The normalized spacial score (nSPS) is 10.8. The van der Waals surface area contributed by atoms with Crippen molar-refractivity contribution in [2.24, 2.45) is 0 Å². The lowest BCUT2D eigenvalue weighted by Gasteiger charge is -2.09. The Labute approximate surface area is 208 Å². The lowest BCUT2D eigenvalue weighted by molar-refractivity contribution is 0.0946. The minimum atomic E-state index is -0.423. The van der Waals surface area contributed by atoms with Crippen LogP contribution in [0, 0.1) is 6.92 Å². The van der Waals surface area contributed by atoms with Gasteiger partial charge in [-0.25, -0.2) is 9.67 Å². The summed E-state index contributed by atoms with van der Waals surface area (Å²) in [6.07, 6.45) is 0. The highest BCUT2D eigenvalue weighted by atomic mass is 16.5. The van der Waals surface area contributed by atoms with Gasteiger partial charge in [-0.2, -0.15) is 0 Å². The molecule has 0 radical (unpaired) electrons. The number of carbonyl (C=O) groups excluding carboxylic acids is 1. The number of rotatable bonds is 10. The third kappa shape index (κ3) is 5.24. The fourth-order valence-corrected chi connectivity index (χ4v) is 3.52. The summed E-state index contributed by atoms with van der Waals surface area (Å²) in [7, 11) is 3.17. The van der Waals surface area contributed by atoms with Gasteiger partial charge in [-0.1, -0.05) is 17.3 Å². The number of anilines is 1. The van der Waals surface area contributed by atoms with Crippen molar-refractivity contribution < 1.29 is 23.4 Å². The van der Waals surface area contributed by atoms with Crippen LogP contribution in [-0.4, -0.2) is 46.7 Å². The number of methoxy groups -OCH3 is 2. The van der Waals surface area contributed by atoms with Crippen LogP contribution in [0.2, 0.25) is 0 Å². The molecule has 2 aromatic heterocycles. The molecule has 4 aromatic rings. The molecule has 0 saturated heterocycles. The Kier molecular flexibility index (Phi) is 7.38. The van der Waals surface area contributed by atoms with Crippen molar-refractivity contribution in [2.45, 2.75) is 26.9 Å². The summed E-state index contributed by atoms with van der Waals surface area (Å²) in [6, 6.07) is 12.8. The van der Waals surface area contributed by atoms with E-state index in [2.05, 4.69) is 20.6 Å². The molecule has 0 saturated carbocycles. The molecule has 11 heteroatoms. The second-order valence-corrected chi connectivity index (χ2v) is 7.83. The number of amides is 1. The average Bonchev–Trinajstić information content (AvgIpc) is 3.45. The first kappa shape index (κ1) is 24.6. The maximum absolute atomic E-state index is 12.6. The van der Waals surface area contributed by atoms with Gasteiger partial charge in [0.15, 0.2) is 23.0 Å². The van der Waals surface area contributed by atoms with Gasteiger partial charge in [0.25, 0.3) is 5.91 Å². The summed E-state index contributed by atoms with van der Waals surface area (Å²) >= 11 is 0. The molecule has 11 nitrogen and oxygen atoms in total. The van der Waals surface area contributed by atoms with Gasteiger partial charge in [0, 0.05) is 12.1 Å². The van der Waals surface area contributed by atoms with Crippen LogP contribution in [0.1, 0.15) is 34.4 Å². The number of nitrogens with two attached hydrogens (primary N) is 1. The van der Waals surface area contributed by atoms with E-state index >= 15 is 0 Å². The molecular formula is C25H28N6O5. The van der Waals surface area contributed by atoms with E-state index in [0.717, 1.165) is 16.9 Å². The van der Waals surface area contributed by atoms with Crippen molar-refractivity contribution in [1.29, 1.82) is 0 Å². The van der Waals surface area contributed by atoms with E-state index < -0.39 is 5.91 Å². The molecule has 1 amide bonds. The van der Waals surface area contributed by atoms with Gasteiger partial charge in [-0.05, 0) is 49.7 Å². The Hall–Kier alpha value is -4.54. The van der Waals surface area contributed by atoms with Crippen LogP contribution < -0.4 is 25.3 Å². The number of benzene rings is 2. The standard InChI is InChI=1S/C25H28N6O5/c1-5-35-20-11-8-17(12-21(20)34-4)25-28-19(15(2)36-25)14-31-23(26)22(29-30-31)24(32)27-13-16-6-9-18(33-3)10-7-16/h6-12H,5,13-14,26H2,1-4H3,(H,27,32). The number of nitrogens with zero attached hydrogens (tertiary/aromatic N) is 4. The van der Waals surface area contributed by atoms with Gasteiger partial charge in [-0.15, -0.1) is 5.10 Å². The Morgan fingerprint density at radius 2 is 1.89 bits per heavy atom. The van der Waals surface area contributed by atoms with E-state index in [1.165, 1.54) is 4.68 Å². The monoisotopic (exact) mass is 492 g/mol. The molecule has 0 spiro atoms. The third-order valence-corrected chi connectivity index (χ3v) is 5.50. The number of ether oxygens (including phenoxy) is 3. The quantitative estimate of drug-likeness (QED) is 0.341. The van der Waals surface area contributed by atoms with E-state index in [4.69, 9.17) is 24.4 Å².